The van der Waals surface area contributed by atoms with Gasteiger partial charge in [-0.3, -0.25) is 0 Å². The van der Waals surface area contributed by atoms with Gasteiger partial charge in [0.1, 0.15) is 0 Å². The summed E-state index contributed by atoms with van der Waals surface area (Å²) in [4.78, 5) is 7.02. The van der Waals surface area contributed by atoms with Crippen LogP contribution < -0.4 is 10.6 Å². The molecule has 0 bridgehead atoms. The minimum absolute atomic E-state index is 0.329. The molecule has 0 spiro atoms. The van der Waals surface area contributed by atoms with Crippen LogP contribution in [-0.2, 0) is 6.54 Å². The number of piperidine rings is 1. The quantitative estimate of drug-likeness (QED) is 0.571. The van der Waals surface area contributed by atoms with Gasteiger partial charge in [0.05, 0.1) is 6.54 Å². The number of hydrogen-bond acceptors (Lipinski definition) is 3. The topological polar surface area (TPSA) is 59.9 Å². The van der Waals surface area contributed by atoms with Crippen LogP contribution in [0.3, 0.4) is 0 Å². The number of aromatic hydroxyl groups is 1. The van der Waals surface area contributed by atoms with E-state index < -0.39 is 5.82 Å². The van der Waals surface area contributed by atoms with Gasteiger partial charge in [0.25, 0.3) is 0 Å². The number of nitrogens with zero attached hydrogens (tertiary/aromatic N) is 2. The summed E-state index contributed by atoms with van der Waals surface area (Å²) in [6, 6.07) is 5.38. The second-order valence-corrected chi connectivity index (χ2v) is 6.53. The van der Waals surface area contributed by atoms with Crippen LogP contribution in [0.5, 0.6) is 5.75 Å². The van der Waals surface area contributed by atoms with Gasteiger partial charge >= 0.3 is 0 Å². The van der Waals surface area contributed by atoms with Crippen molar-refractivity contribution in [2.45, 2.75) is 52.2 Å². The van der Waals surface area contributed by atoms with Crippen molar-refractivity contribution in [2.24, 2.45) is 4.99 Å². The van der Waals surface area contributed by atoms with E-state index >= 15 is 0 Å². The second-order valence-electron chi connectivity index (χ2n) is 6.53. The van der Waals surface area contributed by atoms with E-state index in [1.54, 1.807) is 6.07 Å². The van der Waals surface area contributed by atoms with Gasteiger partial charge in [-0.15, -0.1) is 0 Å². The molecule has 0 radical (unpaired) electrons. The lowest BCUT2D eigenvalue weighted by molar-refractivity contribution is 0.167. The van der Waals surface area contributed by atoms with Crippen molar-refractivity contribution in [3.8, 4) is 5.75 Å². The van der Waals surface area contributed by atoms with Crippen molar-refractivity contribution in [3.05, 3.63) is 29.6 Å². The van der Waals surface area contributed by atoms with Gasteiger partial charge in [-0.25, -0.2) is 9.38 Å². The summed E-state index contributed by atoms with van der Waals surface area (Å²) in [5, 5.41) is 16.0. The molecule has 0 atom stereocenters. The molecule has 0 saturated carbocycles. The summed E-state index contributed by atoms with van der Waals surface area (Å²) in [6.45, 7) is 9.83. The number of aliphatic imine (C=N–C) groups is 1. The Morgan fingerprint density at radius 3 is 2.67 bits per heavy atom. The third kappa shape index (κ3) is 5.37. The Bertz CT molecular complexity index is 554. The molecule has 3 N–H and O–H groups in total. The van der Waals surface area contributed by atoms with Crippen LogP contribution in [0.1, 0.15) is 39.2 Å². The van der Waals surface area contributed by atoms with E-state index in [-0.39, 0.29) is 5.75 Å². The summed E-state index contributed by atoms with van der Waals surface area (Å²) in [5.41, 5.74) is 0.733. The third-order valence-corrected chi connectivity index (χ3v) is 4.38. The molecule has 1 aromatic carbocycles. The standard InChI is InChI=1S/C18H29FN4O/c1-4-20-18(21-12-14-5-6-17(24)16(19)11-14)22-15-7-9-23(10-8-15)13(2)3/h5-6,11,13,15,24H,4,7-10,12H2,1-3H3,(H2,20,21,22). The number of benzene rings is 1. The Morgan fingerprint density at radius 2 is 2.08 bits per heavy atom. The SMILES string of the molecule is CCNC(=NCc1ccc(O)c(F)c1)NC1CCN(C(C)C)CC1. The van der Waals surface area contributed by atoms with Gasteiger partial charge in [0, 0.05) is 31.7 Å². The molecule has 1 aliphatic heterocycles. The molecule has 6 heteroatoms. The summed E-state index contributed by atoms with van der Waals surface area (Å²) in [7, 11) is 0. The van der Waals surface area contributed by atoms with Gasteiger partial charge in [0.2, 0.25) is 0 Å². The fourth-order valence-electron chi connectivity index (χ4n) is 2.89. The molecule has 0 aromatic heterocycles. The summed E-state index contributed by atoms with van der Waals surface area (Å²) >= 11 is 0. The molecule has 1 saturated heterocycles. The Morgan fingerprint density at radius 1 is 1.38 bits per heavy atom. The van der Waals surface area contributed by atoms with Crippen LogP contribution in [0.25, 0.3) is 0 Å². The largest absolute Gasteiger partial charge is 0.505 e. The molecule has 24 heavy (non-hydrogen) atoms. The highest BCUT2D eigenvalue weighted by Gasteiger charge is 2.21. The maximum absolute atomic E-state index is 13.4. The van der Waals surface area contributed by atoms with Crippen molar-refractivity contribution in [1.82, 2.24) is 15.5 Å². The first-order valence-corrected chi connectivity index (χ1v) is 8.76. The minimum atomic E-state index is -0.610. The molecule has 1 aromatic rings. The number of phenolic OH excluding ortho intramolecular Hbond substituents is 1. The second kappa shape index (κ2) is 8.87. The fourth-order valence-corrected chi connectivity index (χ4v) is 2.89. The molecule has 1 aliphatic rings. The van der Waals surface area contributed by atoms with Crippen LogP contribution in [0.4, 0.5) is 4.39 Å². The number of halogens is 1. The summed E-state index contributed by atoms with van der Waals surface area (Å²) < 4.78 is 13.4. The molecule has 0 unspecified atom stereocenters. The van der Waals surface area contributed by atoms with E-state index in [4.69, 9.17) is 0 Å². The Labute approximate surface area is 144 Å². The molecule has 134 valence electrons. The highest BCUT2D eigenvalue weighted by molar-refractivity contribution is 5.80. The summed E-state index contributed by atoms with van der Waals surface area (Å²) in [5.74, 6) is -0.180. The van der Waals surface area contributed by atoms with E-state index in [1.165, 1.54) is 12.1 Å². The number of likely N-dealkylation sites (tertiary alicyclic amines) is 1. The predicted octanol–water partition coefficient (Wildman–Crippen LogP) is 2.46. The van der Waals surface area contributed by atoms with Gasteiger partial charge in [-0.2, -0.15) is 0 Å². The lowest BCUT2D eigenvalue weighted by Crippen LogP contribution is -2.49. The van der Waals surface area contributed by atoms with Crippen LogP contribution in [0, 0.1) is 5.82 Å². The zero-order valence-corrected chi connectivity index (χ0v) is 14.8. The maximum Gasteiger partial charge on any atom is 0.191 e. The fraction of sp³-hybridized carbons (Fsp3) is 0.611. The number of phenols is 1. The van der Waals surface area contributed by atoms with Crippen molar-refractivity contribution in [3.63, 3.8) is 0 Å². The first kappa shape index (κ1) is 18.5. The van der Waals surface area contributed by atoms with Gasteiger partial charge in [-0.1, -0.05) is 6.07 Å². The summed E-state index contributed by atoms with van der Waals surface area (Å²) in [6.07, 6.45) is 2.19. The number of guanidine groups is 1. The Kier molecular flexibility index (Phi) is 6.85. The molecule has 0 aliphatic carbocycles. The van der Waals surface area contributed by atoms with E-state index in [1.807, 2.05) is 6.92 Å². The van der Waals surface area contributed by atoms with E-state index in [2.05, 4.69) is 34.4 Å². The molecule has 1 fully saturated rings. The van der Waals surface area contributed by atoms with E-state index in [9.17, 15) is 9.50 Å². The normalized spacial score (nSPS) is 17.3. The van der Waals surface area contributed by atoms with Crippen molar-refractivity contribution >= 4 is 5.96 Å². The highest BCUT2D eigenvalue weighted by Crippen LogP contribution is 2.17. The first-order valence-electron chi connectivity index (χ1n) is 8.76. The monoisotopic (exact) mass is 336 g/mol. The predicted molar refractivity (Wildman–Crippen MR) is 95.7 cm³/mol. The van der Waals surface area contributed by atoms with Crippen molar-refractivity contribution in [1.29, 1.82) is 0 Å². The molecule has 1 heterocycles. The number of rotatable bonds is 5. The first-order chi connectivity index (χ1) is 11.5. The number of nitrogens with one attached hydrogen (secondary N) is 2. The van der Waals surface area contributed by atoms with Crippen LogP contribution in [-0.4, -0.2) is 47.7 Å². The molecule has 5 nitrogen and oxygen atoms in total. The van der Waals surface area contributed by atoms with E-state index in [0.717, 1.165) is 44.0 Å². The smallest absolute Gasteiger partial charge is 0.191 e. The van der Waals surface area contributed by atoms with Crippen LogP contribution in [0.15, 0.2) is 23.2 Å². The molecule has 2 rings (SSSR count). The maximum atomic E-state index is 13.4. The van der Waals surface area contributed by atoms with Crippen LogP contribution >= 0.6 is 0 Å². The zero-order chi connectivity index (χ0) is 17.5. The molecular formula is C18H29FN4O. The Hall–Kier alpha value is -1.82. The molecule has 0 amide bonds. The lowest BCUT2D eigenvalue weighted by Gasteiger charge is -2.35. The van der Waals surface area contributed by atoms with Crippen LogP contribution in [0.2, 0.25) is 0 Å². The van der Waals surface area contributed by atoms with Gasteiger partial charge in [0.15, 0.2) is 17.5 Å². The highest BCUT2D eigenvalue weighted by atomic mass is 19.1. The average molecular weight is 336 g/mol. The Balaban J connectivity index is 1.92. The van der Waals surface area contributed by atoms with E-state index in [0.29, 0.717) is 18.6 Å². The average Bonchev–Trinajstić information content (AvgIpc) is 2.56. The van der Waals surface area contributed by atoms with Crippen molar-refractivity contribution < 1.29 is 9.50 Å². The van der Waals surface area contributed by atoms with Crippen molar-refractivity contribution in [2.75, 3.05) is 19.6 Å². The molecular weight excluding hydrogens is 307 g/mol. The third-order valence-electron chi connectivity index (χ3n) is 4.38. The van der Waals surface area contributed by atoms with Gasteiger partial charge < -0.3 is 20.6 Å². The van der Waals surface area contributed by atoms with Gasteiger partial charge in [-0.05, 0) is 51.3 Å². The zero-order valence-electron chi connectivity index (χ0n) is 14.8. The number of hydrogen-bond donors (Lipinski definition) is 3. The minimum Gasteiger partial charge on any atom is -0.505 e. The lowest BCUT2D eigenvalue weighted by atomic mass is 10.0.